The van der Waals surface area contributed by atoms with Crippen molar-refractivity contribution in [2.45, 2.75) is 230 Å². The molecule has 33 heteroatoms. The summed E-state index contributed by atoms with van der Waals surface area (Å²) in [6.07, 6.45) is 5.22. The molecule has 1 aromatic heterocycles. The number of nitrogens with zero attached hydrogens (tertiary/aromatic N) is 2. The highest BCUT2D eigenvalue weighted by atomic mass is 32.2. The smallest absolute Gasteiger partial charge is 0.407 e. The van der Waals surface area contributed by atoms with E-state index in [0.717, 1.165) is 44.5 Å². The van der Waals surface area contributed by atoms with Crippen molar-refractivity contribution in [2.75, 3.05) is 38.2 Å². The van der Waals surface area contributed by atoms with Crippen molar-refractivity contribution in [2.24, 2.45) is 17.6 Å². The summed E-state index contributed by atoms with van der Waals surface area (Å²) < 4.78 is 51.1. The second kappa shape index (κ2) is 46.0. The zero-order valence-corrected chi connectivity index (χ0v) is 79.2. The fraction of sp³-hybridized carbons (Fsp3) is 0.434. The number of ether oxygens (including phenoxy) is 3. The molecule has 0 saturated carbocycles. The van der Waals surface area contributed by atoms with Crippen LogP contribution in [0.1, 0.15) is 181 Å². The molecular weight excluding hydrogens is 1720 g/mol. The van der Waals surface area contributed by atoms with Crippen molar-refractivity contribution >= 4 is 87.1 Å². The molecule has 8 aromatic rings. The average Bonchev–Trinajstić information content (AvgIpc) is 1.62. The lowest BCUT2D eigenvalue weighted by atomic mass is 9.77. The number of nitrogens with one attached hydrogen (secondary N) is 12. The third kappa shape index (κ3) is 26.6. The van der Waals surface area contributed by atoms with E-state index in [9.17, 15) is 51.9 Å². The molecule has 0 bridgehead atoms. The zero-order valence-electron chi connectivity index (χ0n) is 77.6. The van der Waals surface area contributed by atoms with Crippen molar-refractivity contribution in [1.29, 1.82) is 5.41 Å². The van der Waals surface area contributed by atoms with E-state index in [1.54, 1.807) is 77.7 Å². The molecule has 2 aliphatic rings. The van der Waals surface area contributed by atoms with E-state index < -0.39 is 153 Å². The van der Waals surface area contributed by atoms with Crippen molar-refractivity contribution in [3.05, 3.63) is 238 Å². The van der Waals surface area contributed by atoms with Crippen LogP contribution in [0.3, 0.4) is 0 Å². The number of carboxylic acids is 1. The van der Waals surface area contributed by atoms with Gasteiger partial charge in [-0.2, -0.15) is 11.8 Å². The van der Waals surface area contributed by atoms with Gasteiger partial charge in [0.05, 0.1) is 23.5 Å². The number of unbranched alkanes of at least 4 members (excludes halogenated alkanes) is 1. The Kier molecular flexibility index (Phi) is 35.3. The minimum absolute atomic E-state index is 0.0108. The third-order valence-electron chi connectivity index (χ3n) is 23.4. The van der Waals surface area contributed by atoms with Crippen LogP contribution in [0.5, 0.6) is 11.5 Å². The molecule has 0 spiro atoms. The molecule has 31 nitrogen and oxygen atoms in total. The highest BCUT2D eigenvalue weighted by molar-refractivity contribution is 7.98. The van der Waals surface area contributed by atoms with Gasteiger partial charge in [0.25, 0.3) is 10.0 Å². The second-order valence-electron chi connectivity index (χ2n) is 36.0. The minimum atomic E-state index is -4.36. The maximum atomic E-state index is 15.4. The minimum Gasteiger partial charge on any atom is -0.488 e. The summed E-state index contributed by atoms with van der Waals surface area (Å²) in [5, 5.41) is 46.2. The van der Waals surface area contributed by atoms with Gasteiger partial charge in [0, 0.05) is 43.5 Å². The number of guanidine groups is 1. The molecule has 706 valence electrons. The molecule has 132 heavy (non-hydrogen) atoms. The van der Waals surface area contributed by atoms with Gasteiger partial charge >= 0.3 is 12.1 Å². The zero-order chi connectivity index (χ0) is 95.9. The second-order valence-corrected chi connectivity index (χ2v) is 38.7. The van der Waals surface area contributed by atoms with E-state index in [2.05, 4.69) is 57.9 Å². The van der Waals surface area contributed by atoms with Crippen LogP contribution in [0.4, 0.5) is 4.79 Å². The predicted octanol–water partition coefficient (Wildman–Crippen LogP) is 9.71. The van der Waals surface area contributed by atoms with Gasteiger partial charge in [-0.15, -0.1) is 0 Å². The molecule has 0 radical (unpaired) electrons. The van der Waals surface area contributed by atoms with Crippen molar-refractivity contribution in [3.8, 4) is 22.6 Å². The first-order chi connectivity index (χ1) is 62.7. The van der Waals surface area contributed by atoms with Crippen LogP contribution in [0, 0.1) is 38.0 Å². The molecular formula is C99H127N15O16S2. The molecule has 15 N–H and O–H groups in total. The third-order valence-corrected chi connectivity index (χ3v) is 25.6. The van der Waals surface area contributed by atoms with E-state index in [0.29, 0.717) is 65.3 Å². The van der Waals surface area contributed by atoms with Crippen LogP contribution < -0.4 is 73.1 Å². The van der Waals surface area contributed by atoms with Gasteiger partial charge < -0.3 is 82.8 Å². The highest BCUT2D eigenvalue weighted by Gasteiger charge is 2.42. The van der Waals surface area contributed by atoms with Crippen molar-refractivity contribution < 1.29 is 75.7 Å². The van der Waals surface area contributed by atoms with E-state index in [-0.39, 0.29) is 80.5 Å². The number of aliphatic carboxylic acids is 1. The molecule has 8 atom stereocenters. The summed E-state index contributed by atoms with van der Waals surface area (Å²) in [6.45, 7) is 22.4. The van der Waals surface area contributed by atoms with Gasteiger partial charge in [-0.3, -0.25) is 43.8 Å². The first kappa shape index (κ1) is 102. The van der Waals surface area contributed by atoms with E-state index >= 15 is 9.59 Å². The van der Waals surface area contributed by atoms with Gasteiger partial charge in [-0.1, -0.05) is 179 Å². The molecule has 2 heterocycles. The fourth-order valence-electron chi connectivity index (χ4n) is 16.8. The predicted molar refractivity (Wildman–Crippen MR) is 507 cm³/mol. The lowest BCUT2D eigenvalue weighted by Crippen LogP contribution is -2.61. The van der Waals surface area contributed by atoms with E-state index in [1.807, 2.05) is 193 Å². The Balaban J connectivity index is 0.879. The maximum absolute atomic E-state index is 15.4. The summed E-state index contributed by atoms with van der Waals surface area (Å²) >= 11 is 1.37. The SMILES string of the molecule is CSCC[C@H](NC(=O)[C@H](C)NC(=O)CNC(=O)[C@H](Cc1cn(C(c2ccccc2)(c2ccccc2)c2ccccc2)cn1)NC(=O)[C@H](CCCNC(=N)NS(=O)(=O)c1c(C)c(C)c2c(c1C)CC(C)(C)O2)NC(=O)OCC1c2ccccc2-c2ccccc21)C(=O)N[C@H](C(=O)N[C@@H](Cc1ccc(OC(C)(C)C)cc1)C(=O)N[C@@H](CC(C)C)C(=O)N[C@@H](CCCCN)C(=O)O)C(C)C. The van der Waals surface area contributed by atoms with Crippen LogP contribution in [-0.4, -0.2) is 186 Å². The topological polar surface area (TPSA) is 453 Å². The number of hydrogen-bond donors (Lipinski definition) is 14. The summed E-state index contributed by atoms with van der Waals surface area (Å²) in [4.78, 5) is 149. The maximum Gasteiger partial charge on any atom is 0.407 e. The molecule has 0 unspecified atom stereocenters. The van der Waals surface area contributed by atoms with E-state index in [1.165, 1.54) is 18.7 Å². The number of carbonyl (C=O) groups is 10. The summed E-state index contributed by atoms with van der Waals surface area (Å²) in [7, 11) is -4.36. The average molecular weight is 1850 g/mol. The monoisotopic (exact) mass is 1850 g/mol. The lowest BCUT2D eigenvalue weighted by Gasteiger charge is -2.37. The van der Waals surface area contributed by atoms with Crippen LogP contribution >= 0.6 is 11.8 Å². The van der Waals surface area contributed by atoms with Gasteiger partial charge in [0.15, 0.2) is 0 Å². The van der Waals surface area contributed by atoms with Crippen LogP contribution in [0.25, 0.3) is 11.1 Å². The first-order valence-electron chi connectivity index (χ1n) is 44.8. The number of imidazole rings is 1. The normalized spacial score (nSPS) is 14.6. The van der Waals surface area contributed by atoms with Crippen molar-refractivity contribution in [1.82, 2.24) is 67.4 Å². The van der Waals surface area contributed by atoms with Gasteiger partial charge in [0.1, 0.15) is 83.2 Å². The summed E-state index contributed by atoms with van der Waals surface area (Å²) in [5.74, 6) is -8.13. The molecule has 7 aromatic carbocycles. The Labute approximate surface area is 777 Å². The number of sulfonamides is 1. The van der Waals surface area contributed by atoms with Gasteiger partial charge in [-0.25, -0.2) is 27.7 Å². The number of thioether (sulfide) groups is 1. The van der Waals surface area contributed by atoms with Crippen molar-refractivity contribution in [3.63, 3.8) is 0 Å². The molecule has 9 amide bonds. The molecule has 0 fully saturated rings. The quantitative estimate of drug-likeness (QED) is 0.00730. The Morgan fingerprint density at radius 2 is 1.12 bits per heavy atom. The van der Waals surface area contributed by atoms with Gasteiger partial charge in [-0.05, 0) is 211 Å². The Hall–Kier alpha value is -12.6. The summed E-state index contributed by atoms with van der Waals surface area (Å²) in [6, 6.07) is 40.7. The van der Waals surface area contributed by atoms with Crippen LogP contribution in [0.15, 0.2) is 181 Å². The van der Waals surface area contributed by atoms with Crippen LogP contribution in [-0.2, 0) is 82.7 Å². The Morgan fingerprint density at radius 1 is 0.598 bits per heavy atom. The largest absolute Gasteiger partial charge is 0.488 e. The number of amides is 9. The number of benzene rings is 7. The number of nitrogens with two attached hydrogens (primary N) is 1. The van der Waals surface area contributed by atoms with E-state index in [4.69, 9.17) is 30.3 Å². The molecule has 1 aliphatic carbocycles. The Bertz CT molecular complexity index is 5380. The Morgan fingerprint density at radius 3 is 1.69 bits per heavy atom. The highest BCUT2D eigenvalue weighted by Crippen LogP contribution is 2.47. The number of alkyl carbamates (subject to hydrolysis) is 1. The number of aromatic nitrogens is 2. The molecule has 10 rings (SSSR count). The molecule has 1 aliphatic heterocycles. The lowest BCUT2D eigenvalue weighted by molar-refractivity contribution is -0.142. The number of fused-ring (bicyclic) bond motifs is 4. The molecule has 0 saturated heterocycles. The number of hydrogen-bond acceptors (Lipinski definition) is 19. The standard InChI is InChI=1S/C99H127N15O16S2/c1-59(2)51-80(91(120)107-79(94(123)124)41-28-29-48-100)108-92(121)81(52-65-43-45-70(46-44-65)129-97(9,10)11)110-93(122)84(60(3)4)112-90(119)78(47-50-131-14)106-87(116)64(8)105-83(115)55-103-88(117)82(53-69-56-114(58-104-69)99(66-31-18-15-19-32-66,67-33-20-16-21-34-67)68-35-22-17-23-36-68)109-89(118)77(111-96(125)128-57-76-73-39-26-24-37-71(73)72-38-25-27-40-74(72)76)42-30-49-102-95(101)113-132(126,127)86-62(6)61(5)85-75(63(86)7)54-98(12,13)130-85/h15-27,31-40,43-46,56,58-60,64,76-82,84H,28-30,41-42,47-55,57,100H2,1-14H3,(H,103,117)(H,105,115)(H,106,116)(H,107,120)(H,108,121)(H,109,118)(H,110,122)(H,111,125)(H,112,119)(H,123,124)(H3,101,102,113)/t64-,77-,78-,79-,80-,81-,82-,84-/m0/s1. The first-order valence-corrected chi connectivity index (χ1v) is 47.7. The number of rotatable bonds is 45. The number of carboxylic acid groups (broad SMARTS) is 1. The number of carbonyl (C=O) groups excluding carboxylic acids is 9. The van der Waals surface area contributed by atoms with Crippen LogP contribution in [0.2, 0.25) is 0 Å². The summed E-state index contributed by atoms with van der Waals surface area (Å²) in [5.41, 5.74) is 13.1. The fourth-order valence-corrected chi connectivity index (χ4v) is 18.8. The van der Waals surface area contributed by atoms with Gasteiger partial charge in [0.2, 0.25) is 53.2 Å².